The number of nitrogens with zero attached hydrogens (tertiary/aromatic N) is 2. The van der Waals surface area contributed by atoms with E-state index in [1.54, 1.807) is 0 Å². The van der Waals surface area contributed by atoms with Crippen LogP contribution in [-0.2, 0) is 13.7 Å². The smallest absolute Gasteiger partial charge is 0.284 e. The molecule has 0 spiro atoms. The van der Waals surface area contributed by atoms with E-state index in [-0.39, 0.29) is 6.61 Å². The Kier molecular flexibility index (Phi) is 16.4. The molecule has 1 aliphatic heterocycles. The average Bonchev–Trinajstić information content (AvgIpc) is 2.72. The molecule has 1 atom stereocenters. The van der Waals surface area contributed by atoms with E-state index in [1.165, 1.54) is 88.5 Å². The molecule has 1 heterocycles. The van der Waals surface area contributed by atoms with Crippen LogP contribution in [0.25, 0.3) is 0 Å². The summed E-state index contributed by atoms with van der Waals surface area (Å²) in [6.07, 6.45) is 20.8. The van der Waals surface area contributed by atoms with Crippen molar-refractivity contribution in [2.24, 2.45) is 0 Å². The van der Waals surface area contributed by atoms with Crippen molar-refractivity contribution in [3.8, 4) is 0 Å². The summed E-state index contributed by atoms with van der Waals surface area (Å²) in [6, 6.07) is 0. The number of likely N-dealkylation sites (N-methyl/N-ethyl adjacent to an activating group) is 1. The van der Waals surface area contributed by atoms with Gasteiger partial charge in [0, 0.05) is 0 Å². The van der Waals surface area contributed by atoms with E-state index in [0.29, 0.717) is 13.1 Å². The minimum Gasteiger partial charge on any atom is -0.755 e. The summed E-state index contributed by atoms with van der Waals surface area (Å²) in [5.41, 5.74) is 0. The molecule has 0 aromatic carbocycles. The van der Waals surface area contributed by atoms with E-state index in [1.807, 2.05) is 0 Å². The second-order valence-corrected chi connectivity index (χ2v) is 11.3. The van der Waals surface area contributed by atoms with Gasteiger partial charge in [0.25, 0.3) is 7.82 Å². The van der Waals surface area contributed by atoms with E-state index >= 15 is 0 Å². The zero-order valence-electron chi connectivity index (χ0n) is 20.8. The molecule has 1 fully saturated rings. The highest BCUT2D eigenvalue weighted by molar-refractivity contribution is 7.45. The van der Waals surface area contributed by atoms with Gasteiger partial charge >= 0.3 is 0 Å². The highest BCUT2D eigenvalue weighted by Gasteiger charge is 2.27. The summed E-state index contributed by atoms with van der Waals surface area (Å²) in [6.45, 7) is 5.48. The molecule has 0 aliphatic carbocycles. The Balaban J connectivity index is 1.83. The molecule has 0 bridgehead atoms. The van der Waals surface area contributed by atoms with Crippen molar-refractivity contribution in [2.45, 2.75) is 110 Å². The first-order chi connectivity index (χ1) is 14.8. The molecule has 6 nitrogen and oxygen atoms in total. The second kappa shape index (κ2) is 17.5. The number of hydrogen-bond acceptors (Lipinski definition) is 5. The Morgan fingerprint density at radius 2 is 1.13 bits per heavy atom. The van der Waals surface area contributed by atoms with Gasteiger partial charge in [0.05, 0.1) is 46.9 Å². The molecule has 0 aromatic rings. The molecule has 0 N–H and O–H groups in total. The van der Waals surface area contributed by atoms with Gasteiger partial charge in [-0.1, -0.05) is 103 Å². The predicted octanol–water partition coefficient (Wildman–Crippen LogP) is 6.06. The molecule has 0 amide bonds. The number of rotatable bonds is 20. The Hall–Kier alpha value is 0.0300. The molecule has 1 aliphatic rings. The van der Waals surface area contributed by atoms with Crippen LogP contribution in [0.4, 0.5) is 0 Å². The van der Waals surface area contributed by atoms with Crippen LogP contribution in [0.1, 0.15) is 110 Å². The largest absolute Gasteiger partial charge is 0.755 e. The number of phosphoric acid groups is 1. The van der Waals surface area contributed by atoms with E-state index in [9.17, 15) is 9.46 Å². The third-order valence-electron chi connectivity index (χ3n) is 6.37. The van der Waals surface area contributed by atoms with Crippen molar-refractivity contribution in [1.29, 1.82) is 0 Å². The van der Waals surface area contributed by atoms with Crippen molar-refractivity contribution in [1.82, 2.24) is 5.06 Å². The highest BCUT2D eigenvalue weighted by atomic mass is 31.2. The van der Waals surface area contributed by atoms with E-state index in [2.05, 4.69) is 21.0 Å². The third kappa shape index (κ3) is 17.2. The van der Waals surface area contributed by atoms with Gasteiger partial charge in [0.1, 0.15) is 0 Å². The molecule has 1 saturated heterocycles. The number of hydrogen-bond donors (Lipinski definition) is 0. The summed E-state index contributed by atoms with van der Waals surface area (Å²) in [4.78, 5) is 12.0. The number of quaternary nitrogens is 1. The summed E-state index contributed by atoms with van der Waals surface area (Å²) in [5, 5.41) is 1.52. The maximum atomic E-state index is 12.0. The summed E-state index contributed by atoms with van der Waals surface area (Å²) < 4.78 is 23.0. The highest BCUT2D eigenvalue weighted by Crippen LogP contribution is 2.40. The Bertz CT molecular complexity index is 466. The molecule has 1 unspecified atom stereocenters. The number of unbranched alkanes of at least 4 members (excludes halogenated alkanes) is 15. The Morgan fingerprint density at radius 3 is 1.55 bits per heavy atom. The lowest BCUT2D eigenvalue weighted by Crippen LogP contribution is -2.54. The predicted molar refractivity (Wildman–Crippen MR) is 128 cm³/mol. The van der Waals surface area contributed by atoms with E-state index in [4.69, 9.17) is 9.15 Å². The van der Waals surface area contributed by atoms with Crippen molar-refractivity contribution >= 4 is 7.82 Å². The lowest BCUT2D eigenvalue weighted by Gasteiger charge is -2.39. The van der Waals surface area contributed by atoms with Crippen LogP contribution in [0, 0.1) is 0 Å². The van der Waals surface area contributed by atoms with Crippen LogP contribution in [0.15, 0.2) is 0 Å². The minimum atomic E-state index is -4.22. The lowest BCUT2D eigenvalue weighted by atomic mass is 10.0. The van der Waals surface area contributed by atoms with Crippen LogP contribution in [0.5, 0.6) is 0 Å². The molecule has 31 heavy (non-hydrogen) atoms. The van der Waals surface area contributed by atoms with Gasteiger partial charge in [0.15, 0.2) is 0 Å². The fourth-order valence-electron chi connectivity index (χ4n) is 4.06. The topological polar surface area (TPSA) is 61.8 Å². The van der Waals surface area contributed by atoms with Crippen molar-refractivity contribution in [3.05, 3.63) is 0 Å². The molecule has 1 rings (SSSR count). The van der Waals surface area contributed by atoms with E-state index < -0.39 is 7.82 Å². The zero-order chi connectivity index (χ0) is 22.8. The van der Waals surface area contributed by atoms with Gasteiger partial charge in [-0.05, 0) is 6.42 Å². The molecule has 186 valence electrons. The van der Waals surface area contributed by atoms with Crippen LogP contribution in [0.3, 0.4) is 0 Å². The maximum Gasteiger partial charge on any atom is 0.284 e. The maximum absolute atomic E-state index is 12.0. The summed E-state index contributed by atoms with van der Waals surface area (Å²) in [5.74, 6) is 0. The lowest BCUT2D eigenvalue weighted by molar-refractivity contribution is -0.896. The number of piperazine rings is 1. The first-order valence-electron chi connectivity index (χ1n) is 13.1. The molecule has 0 radical (unpaired) electrons. The van der Waals surface area contributed by atoms with Gasteiger partial charge in [-0.15, -0.1) is 0 Å². The monoisotopic (exact) mass is 462 g/mol. The van der Waals surface area contributed by atoms with Crippen LogP contribution in [-0.4, -0.2) is 56.4 Å². The van der Waals surface area contributed by atoms with Crippen LogP contribution >= 0.6 is 7.82 Å². The van der Waals surface area contributed by atoms with Gasteiger partial charge in [-0.25, -0.2) is 4.62 Å². The average molecular weight is 463 g/mol. The molecular formula is C24H51N2O4P. The molecule has 0 saturated carbocycles. The quantitative estimate of drug-likeness (QED) is 0.125. The summed E-state index contributed by atoms with van der Waals surface area (Å²) in [7, 11) is 0.0579. The number of phosphoric ester groups is 1. The fraction of sp³-hybridized carbons (Fsp3) is 1.00. The van der Waals surface area contributed by atoms with Gasteiger partial charge < -0.3 is 13.9 Å². The number of hydroxylamine groups is 2. The molecule has 0 aromatic heterocycles. The minimum absolute atomic E-state index is 0.231. The first kappa shape index (κ1) is 29.1. The standard InChI is InChI=1S/C24H51N2O4P/c1-4-5-6-7-8-9-10-11-12-13-14-15-16-17-18-19-24-29-31(27,28)30-25-20-22-26(2,3)23-21-25/h4-24H2,1-3H3. The van der Waals surface area contributed by atoms with Crippen molar-refractivity contribution in [2.75, 3.05) is 46.9 Å². The van der Waals surface area contributed by atoms with Gasteiger partial charge in [0.2, 0.25) is 0 Å². The zero-order valence-corrected chi connectivity index (χ0v) is 21.7. The molecular weight excluding hydrogens is 411 g/mol. The van der Waals surface area contributed by atoms with E-state index in [0.717, 1.165) is 36.8 Å². The fourth-order valence-corrected chi connectivity index (χ4v) is 4.91. The summed E-state index contributed by atoms with van der Waals surface area (Å²) >= 11 is 0. The van der Waals surface area contributed by atoms with Gasteiger partial charge in [-0.3, -0.25) is 4.57 Å². The van der Waals surface area contributed by atoms with Crippen LogP contribution in [0.2, 0.25) is 0 Å². The third-order valence-corrected chi connectivity index (χ3v) is 7.30. The molecule has 7 heteroatoms. The van der Waals surface area contributed by atoms with Gasteiger partial charge in [-0.2, -0.15) is 5.06 Å². The second-order valence-electron chi connectivity index (χ2n) is 9.98. The Labute approximate surface area is 192 Å². The SMILES string of the molecule is CCCCCCCCCCCCCCCCCCOP(=O)([O-])ON1CC[N+](C)(C)CC1. The first-order valence-corrected chi connectivity index (χ1v) is 14.5. The van der Waals surface area contributed by atoms with Crippen molar-refractivity contribution in [3.63, 3.8) is 0 Å². The van der Waals surface area contributed by atoms with Crippen molar-refractivity contribution < 1.29 is 23.1 Å². The van der Waals surface area contributed by atoms with Crippen LogP contribution < -0.4 is 4.89 Å². The Morgan fingerprint density at radius 1 is 0.742 bits per heavy atom. The normalized spacial score (nSPS) is 18.8.